The van der Waals surface area contributed by atoms with Crippen molar-refractivity contribution in [3.8, 4) is 16.8 Å². The second-order valence-corrected chi connectivity index (χ2v) is 7.80. The number of carboxylic acids is 1. The Morgan fingerprint density at radius 3 is 2.50 bits per heavy atom. The molecular formula is C25H19N3O4. The summed E-state index contributed by atoms with van der Waals surface area (Å²) in [7, 11) is 0. The molecule has 2 heterocycles. The molecule has 0 saturated heterocycles. The number of pyridine rings is 2. The molecule has 2 aromatic carbocycles. The quantitative estimate of drug-likeness (QED) is 0.508. The molecule has 1 amide bonds. The lowest BCUT2D eigenvalue weighted by Crippen LogP contribution is -2.31. The zero-order chi connectivity index (χ0) is 22.2. The molecule has 0 unspecified atom stereocenters. The van der Waals surface area contributed by atoms with E-state index in [0.29, 0.717) is 11.0 Å². The molecule has 0 bridgehead atoms. The Morgan fingerprint density at radius 1 is 1.00 bits per heavy atom. The van der Waals surface area contributed by atoms with Crippen LogP contribution in [0.5, 0.6) is 0 Å². The van der Waals surface area contributed by atoms with Gasteiger partial charge >= 0.3 is 5.97 Å². The molecule has 7 nitrogen and oxygen atoms in total. The number of hydrogen-bond donors (Lipinski definition) is 2. The van der Waals surface area contributed by atoms with E-state index in [4.69, 9.17) is 5.11 Å². The average Bonchev–Trinajstić information content (AvgIpc) is 3.63. The van der Waals surface area contributed by atoms with Crippen LogP contribution in [0.3, 0.4) is 0 Å². The van der Waals surface area contributed by atoms with Gasteiger partial charge in [-0.3, -0.25) is 9.59 Å². The summed E-state index contributed by atoms with van der Waals surface area (Å²) in [6.07, 6.45) is 5.01. The fourth-order valence-electron chi connectivity index (χ4n) is 3.65. The Morgan fingerprint density at radius 2 is 1.78 bits per heavy atom. The van der Waals surface area contributed by atoms with Crippen LogP contribution >= 0.6 is 0 Å². The standard InChI is InChI=1S/C25H19N3O4/c29-22-20-5-2-12-26-23(20)28(14-21(22)24(30)27-18-10-11-18)19-4-1-3-17(13-19)15-6-8-16(9-7-15)25(31)32/h1-9,12-14,18H,10-11H2,(H,27,30)(H,31,32). The molecule has 1 aliphatic carbocycles. The molecule has 2 N–H and O–H groups in total. The van der Waals surface area contributed by atoms with Crippen LogP contribution in [0.25, 0.3) is 27.8 Å². The van der Waals surface area contributed by atoms with Crippen molar-refractivity contribution in [1.82, 2.24) is 14.9 Å². The van der Waals surface area contributed by atoms with Crippen molar-refractivity contribution >= 4 is 22.9 Å². The average molecular weight is 425 g/mol. The van der Waals surface area contributed by atoms with Crippen molar-refractivity contribution in [3.05, 3.63) is 94.4 Å². The first kappa shape index (κ1) is 19.7. The highest BCUT2D eigenvalue weighted by atomic mass is 16.4. The molecule has 32 heavy (non-hydrogen) atoms. The van der Waals surface area contributed by atoms with Crippen LogP contribution in [-0.2, 0) is 0 Å². The number of rotatable bonds is 5. The lowest BCUT2D eigenvalue weighted by atomic mass is 10.0. The van der Waals surface area contributed by atoms with E-state index < -0.39 is 5.97 Å². The lowest BCUT2D eigenvalue weighted by molar-refractivity contribution is 0.0696. The van der Waals surface area contributed by atoms with E-state index in [1.807, 2.05) is 24.3 Å². The number of amides is 1. The number of aromatic carboxylic acids is 1. The maximum Gasteiger partial charge on any atom is 0.335 e. The van der Waals surface area contributed by atoms with Crippen LogP contribution in [0.4, 0.5) is 0 Å². The third-order valence-electron chi connectivity index (χ3n) is 5.51. The van der Waals surface area contributed by atoms with Crippen LogP contribution in [0, 0.1) is 0 Å². The summed E-state index contributed by atoms with van der Waals surface area (Å²) in [5.74, 6) is -1.36. The van der Waals surface area contributed by atoms with Gasteiger partial charge in [0.05, 0.1) is 10.9 Å². The summed E-state index contributed by atoms with van der Waals surface area (Å²) < 4.78 is 1.74. The van der Waals surface area contributed by atoms with Gasteiger partial charge in [0.1, 0.15) is 11.2 Å². The van der Waals surface area contributed by atoms with Gasteiger partial charge in [-0.2, -0.15) is 0 Å². The van der Waals surface area contributed by atoms with Crippen LogP contribution in [0.1, 0.15) is 33.6 Å². The summed E-state index contributed by atoms with van der Waals surface area (Å²) >= 11 is 0. The normalized spacial score (nSPS) is 13.1. The van der Waals surface area contributed by atoms with Crippen molar-refractivity contribution in [1.29, 1.82) is 0 Å². The Labute approximate surface area is 183 Å². The number of nitrogens with one attached hydrogen (secondary N) is 1. The second-order valence-electron chi connectivity index (χ2n) is 7.80. The highest BCUT2D eigenvalue weighted by Gasteiger charge is 2.26. The summed E-state index contributed by atoms with van der Waals surface area (Å²) in [5.41, 5.74) is 2.85. The van der Waals surface area contributed by atoms with Gasteiger partial charge in [-0.1, -0.05) is 24.3 Å². The number of carboxylic acid groups (broad SMARTS) is 1. The molecule has 0 spiro atoms. The Kier molecular flexibility index (Phi) is 4.78. The molecular weight excluding hydrogens is 406 g/mol. The maximum atomic E-state index is 13.0. The molecule has 4 aromatic rings. The molecule has 1 aliphatic rings. The van der Waals surface area contributed by atoms with Crippen LogP contribution in [0.2, 0.25) is 0 Å². The topological polar surface area (TPSA) is 101 Å². The van der Waals surface area contributed by atoms with E-state index in [2.05, 4.69) is 10.3 Å². The van der Waals surface area contributed by atoms with Crippen LogP contribution < -0.4 is 10.7 Å². The first-order valence-corrected chi connectivity index (χ1v) is 10.3. The Balaban J connectivity index is 1.63. The van der Waals surface area contributed by atoms with Crippen molar-refractivity contribution in [2.24, 2.45) is 0 Å². The first-order valence-electron chi connectivity index (χ1n) is 10.3. The zero-order valence-electron chi connectivity index (χ0n) is 17.0. The third kappa shape index (κ3) is 3.65. The third-order valence-corrected chi connectivity index (χ3v) is 5.51. The van der Waals surface area contributed by atoms with Gasteiger partial charge in [-0.15, -0.1) is 0 Å². The van der Waals surface area contributed by atoms with Gasteiger partial charge in [0, 0.05) is 24.1 Å². The minimum atomic E-state index is -0.979. The van der Waals surface area contributed by atoms with Gasteiger partial charge in [-0.25, -0.2) is 9.78 Å². The number of benzene rings is 2. The summed E-state index contributed by atoms with van der Waals surface area (Å²) in [5, 5.41) is 12.4. The molecule has 158 valence electrons. The number of nitrogens with zero attached hydrogens (tertiary/aromatic N) is 2. The first-order chi connectivity index (χ1) is 15.5. The molecule has 7 heteroatoms. The van der Waals surface area contributed by atoms with Crippen molar-refractivity contribution in [3.63, 3.8) is 0 Å². The highest BCUT2D eigenvalue weighted by molar-refractivity contribution is 5.97. The zero-order valence-corrected chi connectivity index (χ0v) is 17.0. The molecule has 1 saturated carbocycles. The summed E-state index contributed by atoms with van der Waals surface area (Å²) in [4.78, 5) is 41.2. The van der Waals surface area contributed by atoms with Crippen molar-refractivity contribution in [2.45, 2.75) is 18.9 Å². The molecule has 0 aliphatic heterocycles. The highest BCUT2D eigenvalue weighted by Crippen LogP contribution is 2.25. The minimum absolute atomic E-state index is 0.0774. The smallest absolute Gasteiger partial charge is 0.335 e. The van der Waals surface area contributed by atoms with Gasteiger partial charge in [0.2, 0.25) is 5.43 Å². The molecule has 5 rings (SSSR count). The number of carbonyl (C=O) groups is 2. The summed E-state index contributed by atoms with van der Waals surface area (Å²) in [6, 6.07) is 17.7. The van der Waals surface area contributed by atoms with Crippen LogP contribution in [-0.4, -0.2) is 32.6 Å². The Bertz CT molecular complexity index is 1420. The Hall–Kier alpha value is -4.26. The molecule has 0 atom stereocenters. The van der Waals surface area contributed by atoms with Crippen LogP contribution in [0.15, 0.2) is 77.9 Å². The number of aromatic nitrogens is 2. The number of fused-ring (bicyclic) bond motifs is 1. The largest absolute Gasteiger partial charge is 0.478 e. The van der Waals surface area contributed by atoms with Gasteiger partial charge < -0.3 is 15.0 Å². The van der Waals surface area contributed by atoms with E-state index in [1.165, 1.54) is 0 Å². The number of carbonyl (C=O) groups excluding carboxylic acids is 1. The fraction of sp³-hybridized carbons (Fsp3) is 0.120. The monoisotopic (exact) mass is 425 g/mol. The van der Waals surface area contributed by atoms with Gasteiger partial charge in [0.15, 0.2) is 0 Å². The van der Waals surface area contributed by atoms with Crippen molar-refractivity contribution < 1.29 is 14.7 Å². The van der Waals surface area contributed by atoms with E-state index in [1.54, 1.807) is 53.4 Å². The number of hydrogen-bond acceptors (Lipinski definition) is 4. The van der Waals surface area contributed by atoms with Gasteiger partial charge in [-0.05, 0) is 60.4 Å². The lowest BCUT2D eigenvalue weighted by Gasteiger charge is -2.14. The molecule has 0 radical (unpaired) electrons. The van der Waals surface area contributed by atoms with E-state index in [9.17, 15) is 14.4 Å². The van der Waals surface area contributed by atoms with Crippen molar-refractivity contribution in [2.75, 3.05) is 0 Å². The molecule has 1 fully saturated rings. The van der Waals surface area contributed by atoms with Gasteiger partial charge in [0.25, 0.3) is 5.91 Å². The van der Waals surface area contributed by atoms with E-state index in [0.717, 1.165) is 29.7 Å². The predicted molar refractivity (Wildman–Crippen MR) is 120 cm³/mol. The van der Waals surface area contributed by atoms with E-state index >= 15 is 0 Å². The van der Waals surface area contributed by atoms with E-state index in [-0.39, 0.29) is 28.5 Å². The predicted octanol–water partition coefficient (Wildman–Crippen LogP) is 3.64. The maximum absolute atomic E-state index is 13.0. The SMILES string of the molecule is O=C(O)c1ccc(-c2cccc(-n3cc(C(=O)NC4CC4)c(=O)c4cccnc43)c2)cc1. The minimum Gasteiger partial charge on any atom is -0.478 e. The second kappa shape index (κ2) is 7.77. The molecule has 2 aromatic heterocycles. The fourth-order valence-corrected chi connectivity index (χ4v) is 3.65. The summed E-state index contributed by atoms with van der Waals surface area (Å²) in [6.45, 7) is 0.